The van der Waals surface area contributed by atoms with Gasteiger partial charge in [0, 0.05) is 44.7 Å². The van der Waals surface area contributed by atoms with Gasteiger partial charge in [0.15, 0.2) is 0 Å². The summed E-state index contributed by atoms with van der Waals surface area (Å²) in [5.41, 5.74) is 0.227. The van der Waals surface area contributed by atoms with Gasteiger partial charge in [-0.3, -0.25) is 14.9 Å². The molecule has 1 aromatic rings. The summed E-state index contributed by atoms with van der Waals surface area (Å²) in [6.45, 7) is 2.76. The van der Waals surface area contributed by atoms with E-state index in [1.807, 2.05) is 0 Å². The van der Waals surface area contributed by atoms with Crippen LogP contribution in [-0.2, 0) is 14.8 Å². The Balaban J connectivity index is 1.61. The molecule has 28 heavy (non-hydrogen) atoms. The number of carbonyl (C=O) groups is 1. The van der Waals surface area contributed by atoms with Crippen molar-refractivity contribution >= 4 is 21.6 Å². The number of piperazine rings is 1. The molecule has 154 valence electrons. The molecule has 8 nitrogen and oxygen atoms in total. The Morgan fingerprint density at radius 2 is 1.82 bits per heavy atom. The lowest BCUT2D eigenvalue weighted by Crippen LogP contribution is -2.50. The molecule has 1 saturated heterocycles. The van der Waals surface area contributed by atoms with Crippen molar-refractivity contribution in [3.63, 3.8) is 0 Å². The van der Waals surface area contributed by atoms with Crippen LogP contribution in [0.2, 0.25) is 0 Å². The zero-order chi connectivity index (χ0) is 20.3. The predicted octanol–water partition coefficient (Wildman–Crippen LogP) is 2.71. The Morgan fingerprint density at radius 1 is 1.18 bits per heavy atom. The Morgan fingerprint density at radius 3 is 2.43 bits per heavy atom. The number of nitro groups is 1. The number of amides is 1. The van der Waals surface area contributed by atoms with Crippen LogP contribution in [-0.4, -0.2) is 54.6 Å². The van der Waals surface area contributed by atoms with Gasteiger partial charge in [-0.05, 0) is 24.8 Å². The Kier molecular flexibility index (Phi) is 6.34. The summed E-state index contributed by atoms with van der Waals surface area (Å²) in [4.78, 5) is 24.5. The molecule has 1 aliphatic carbocycles. The van der Waals surface area contributed by atoms with Gasteiger partial charge in [-0.25, -0.2) is 8.42 Å². The summed E-state index contributed by atoms with van der Waals surface area (Å²) in [6, 6.07) is 3.87. The zero-order valence-corrected chi connectivity index (χ0v) is 17.0. The molecule has 2 fully saturated rings. The minimum atomic E-state index is -3.83. The van der Waals surface area contributed by atoms with Gasteiger partial charge in [0.1, 0.15) is 0 Å². The minimum Gasteiger partial charge on any atom is -0.340 e. The molecule has 1 aliphatic heterocycles. The third kappa shape index (κ3) is 4.52. The molecule has 2 aliphatic rings. The lowest BCUT2D eigenvalue weighted by molar-refractivity contribution is -0.385. The van der Waals surface area contributed by atoms with E-state index in [0.29, 0.717) is 31.0 Å². The number of rotatable bonds is 6. The van der Waals surface area contributed by atoms with Crippen LogP contribution in [0.3, 0.4) is 0 Å². The van der Waals surface area contributed by atoms with Crippen LogP contribution in [0, 0.1) is 23.0 Å². The first-order chi connectivity index (χ1) is 13.3. The monoisotopic (exact) mass is 409 g/mol. The molecule has 0 spiro atoms. The van der Waals surface area contributed by atoms with Crippen molar-refractivity contribution in [3.8, 4) is 0 Å². The third-order valence-corrected chi connectivity index (χ3v) is 7.87. The van der Waals surface area contributed by atoms with E-state index >= 15 is 0 Å². The summed E-state index contributed by atoms with van der Waals surface area (Å²) in [5.74, 6) is 0.748. The molecule has 1 aromatic carbocycles. The normalized spacial score (nSPS) is 19.1. The number of aryl methyl sites for hydroxylation is 1. The molecule has 1 amide bonds. The second-order valence-corrected chi connectivity index (χ2v) is 9.59. The van der Waals surface area contributed by atoms with Crippen molar-refractivity contribution in [1.29, 1.82) is 0 Å². The van der Waals surface area contributed by atoms with Gasteiger partial charge < -0.3 is 4.90 Å². The second-order valence-electron chi connectivity index (χ2n) is 7.68. The summed E-state index contributed by atoms with van der Waals surface area (Å²) in [6.07, 6.45) is 6.38. The van der Waals surface area contributed by atoms with E-state index in [1.54, 1.807) is 11.8 Å². The molecule has 1 heterocycles. The smallest absolute Gasteiger partial charge is 0.270 e. The predicted molar refractivity (Wildman–Crippen MR) is 104 cm³/mol. The second kappa shape index (κ2) is 8.57. The molecule has 0 bridgehead atoms. The molecule has 0 N–H and O–H groups in total. The Labute approximate surface area is 165 Å². The number of carbonyl (C=O) groups excluding carboxylic acids is 1. The molecule has 1 saturated carbocycles. The molecule has 3 rings (SSSR count). The summed E-state index contributed by atoms with van der Waals surface area (Å²) >= 11 is 0. The maximum atomic E-state index is 13.0. The van der Waals surface area contributed by atoms with Crippen molar-refractivity contribution in [3.05, 3.63) is 33.9 Å². The quantitative estimate of drug-likeness (QED) is 0.531. The van der Waals surface area contributed by atoms with Crippen LogP contribution in [0.5, 0.6) is 0 Å². The van der Waals surface area contributed by atoms with Crippen LogP contribution in [0.4, 0.5) is 5.69 Å². The Bertz CT molecular complexity index is 841. The maximum Gasteiger partial charge on any atom is 0.270 e. The average Bonchev–Trinajstić information content (AvgIpc) is 3.20. The first kappa shape index (κ1) is 20.7. The van der Waals surface area contributed by atoms with E-state index in [4.69, 9.17) is 0 Å². The van der Waals surface area contributed by atoms with Gasteiger partial charge in [0.05, 0.1) is 9.82 Å². The first-order valence-electron chi connectivity index (χ1n) is 9.82. The van der Waals surface area contributed by atoms with Gasteiger partial charge in [0.25, 0.3) is 5.69 Å². The van der Waals surface area contributed by atoms with Crippen LogP contribution in [0.25, 0.3) is 0 Å². The number of benzene rings is 1. The zero-order valence-electron chi connectivity index (χ0n) is 16.2. The molecule has 0 aromatic heterocycles. The fraction of sp³-hybridized carbons (Fsp3) is 0.632. The highest BCUT2D eigenvalue weighted by atomic mass is 32.2. The summed E-state index contributed by atoms with van der Waals surface area (Å²) < 4.78 is 27.2. The van der Waals surface area contributed by atoms with Gasteiger partial charge in [0.2, 0.25) is 15.9 Å². The van der Waals surface area contributed by atoms with E-state index in [2.05, 4.69) is 0 Å². The van der Waals surface area contributed by atoms with Gasteiger partial charge in [-0.2, -0.15) is 4.31 Å². The number of sulfonamides is 1. The summed E-state index contributed by atoms with van der Waals surface area (Å²) in [5, 5.41) is 11.0. The van der Waals surface area contributed by atoms with E-state index in [-0.39, 0.29) is 29.6 Å². The number of hydrogen-bond donors (Lipinski definition) is 0. The Hall–Kier alpha value is -2.00. The van der Waals surface area contributed by atoms with E-state index in [1.165, 1.54) is 42.1 Å². The standard InChI is InChI=1S/C19H27N3O5S/c1-15-6-8-17(22(24)25)14-18(15)28(26,27)21-12-10-20(11-13-21)19(23)9-7-16-4-2-3-5-16/h6,8,14,16H,2-5,7,9-13H2,1H3. The largest absolute Gasteiger partial charge is 0.340 e. The fourth-order valence-corrected chi connectivity index (χ4v) is 5.75. The van der Waals surface area contributed by atoms with E-state index in [0.717, 1.165) is 12.5 Å². The van der Waals surface area contributed by atoms with Gasteiger partial charge >= 0.3 is 0 Å². The SMILES string of the molecule is Cc1ccc([N+](=O)[O-])cc1S(=O)(=O)N1CCN(C(=O)CCC2CCCC2)CC1. The van der Waals surface area contributed by atoms with E-state index < -0.39 is 14.9 Å². The number of nitrogens with zero attached hydrogens (tertiary/aromatic N) is 3. The molecule has 0 atom stereocenters. The van der Waals surface area contributed by atoms with Crippen molar-refractivity contribution in [2.75, 3.05) is 26.2 Å². The van der Waals surface area contributed by atoms with Crippen LogP contribution in [0.1, 0.15) is 44.1 Å². The van der Waals surface area contributed by atoms with Crippen LogP contribution in [0.15, 0.2) is 23.1 Å². The molecule has 0 radical (unpaired) electrons. The van der Waals surface area contributed by atoms with Crippen molar-refractivity contribution in [1.82, 2.24) is 9.21 Å². The van der Waals surface area contributed by atoms with Crippen molar-refractivity contribution in [2.24, 2.45) is 5.92 Å². The van der Waals surface area contributed by atoms with Crippen LogP contribution < -0.4 is 0 Å². The summed E-state index contributed by atoms with van der Waals surface area (Å²) in [7, 11) is -3.83. The number of nitro benzene ring substituents is 1. The maximum absolute atomic E-state index is 13.0. The van der Waals surface area contributed by atoms with Crippen LogP contribution >= 0.6 is 0 Å². The lowest BCUT2D eigenvalue weighted by Gasteiger charge is -2.34. The fourth-order valence-electron chi connectivity index (χ4n) is 4.08. The van der Waals surface area contributed by atoms with E-state index in [9.17, 15) is 23.3 Å². The molecule has 9 heteroatoms. The highest BCUT2D eigenvalue weighted by Crippen LogP contribution is 2.29. The van der Waals surface area contributed by atoms with Gasteiger partial charge in [-0.1, -0.05) is 31.7 Å². The highest BCUT2D eigenvalue weighted by Gasteiger charge is 2.32. The molecular weight excluding hydrogens is 382 g/mol. The number of hydrogen-bond acceptors (Lipinski definition) is 5. The minimum absolute atomic E-state index is 0.0392. The first-order valence-corrected chi connectivity index (χ1v) is 11.3. The third-order valence-electron chi connectivity index (χ3n) is 5.83. The van der Waals surface area contributed by atoms with Gasteiger partial charge in [-0.15, -0.1) is 0 Å². The number of non-ortho nitro benzene ring substituents is 1. The lowest BCUT2D eigenvalue weighted by atomic mass is 10.0. The highest BCUT2D eigenvalue weighted by molar-refractivity contribution is 7.89. The average molecular weight is 410 g/mol. The molecule has 0 unspecified atom stereocenters. The molecular formula is C19H27N3O5S. The van der Waals surface area contributed by atoms with Crippen molar-refractivity contribution < 1.29 is 18.1 Å². The van der Waals surface area contributed by atoms with Crippen molar-refractivity contribution in [2.45, 2.75) is 50.3 Å². The topological polar surface area (TPSA) is 101 Å².